The van der Waals surface area contributed by atoms with Gasteiger partial charge in [0.25, 0.3) is 5.91 Å². The van der Waals surface area contributed by atoms with E-state index in [1.165, 1.54) is 0 Å². The number of imide groups is 1. The van der Waals surface area contributed by atoms with Gasteiger partial charge >= 0.3 is 12.0 Å². The molecule has 0 aromatic rings. The van der Waals surface area contributed by atoms with Crippen molar-refractivity contribution in [2.45, 2.75) is 18.6 Å². The van der Waals surface area contributed by atoms with Gasteiger partial charge in [-0.1, -0.05) is 0 Å². The largest absolute Gasteiger partial charge is 0.466 e. The number of urea groups is 1. The summed E-state index contributed by atoms with van der Waals surface area (Å²) in [4.78, 5) is 34.5. The fourth-order valence-electron chi connectivity index (χ4n) is 2.76. The maximum absolute atomic E-state index is 11.7. The van der Waals surface area contributed by atoms with Gasteiger partial charge in [0.05, 0.1) is 25.2 Å². The third-order valence-electron chi connectivity index (χ3n) is 3.55. The molecule has 3 aliphatic rings. The summed E-state index contributed by atoms with van der Waals surface area (Å²) in [6.07, 6.45) is -0.307. The molecule has 0 unspecified atom stereocenters. The molecule has 0 aromatic heterocycles. The van der Waals surface area contributed by atoms with Crippen LogP contribution >= 0.6 is 0 Å². The minimum atomic E-state index is -1.07. The highest BCUT2D eigenvalue weighted by atomic mass is 16.5. The van der Waals surface area contributed by atoms with Gasteiger partial charge in [0.1, 0.15) is 0 Å². The van der Waals surface area contributed by atoms with E-state index < -0.39 is 23.4 Å². The van der Waals surface area contributed by atoms with Gasteiger partial charge in [-0.3, -0.25) is 14.9 Å². The highest BCUT2D eigenvalue weighted by molar-refractivity contribution is 6.08. The van der Waals surface area contributed by atoms with Gasteiger partial charge in [0.15, 0.2) is 5.54 Å². The number of carbonyl (C=O) groups is 3. The van der Waals surface area contributed by atoms with E-state index in [1.54, 1.807) is 6.92 Å². The van der Waals surface area contributed by atoms with Gasteiger partial charge in [0, 0.05) is 5.92 Å². The molecule has 3 rings (SSSR count). The van der Waals surface area contributed by atoms with Crippen LogP contribution in [0.1, 0.15) is 6.92 Å². The number of ether oxygens (including phenoxy) is 2. The molecule has 2 N–H and O–H groups in total. The Labute approximate surface area is 96.8 Å². The van der Waals surface area contributed by atoms with Crippen molar-refractivity contribution < 1.29 is 23.9 Å². The summed E-state index contributed by atoms with van der Waals surface area (Å²) in [5.74, 6) is -1.52. The van der Waals surface area contributed by atoms with Gasteiger partial charge in [-0.25, -0.2) is 4.79 Å². The number of carbonyl (C=O) groups excluding carboxylic acids is 3. The fourth-order valence-corrected chi connectivity index (χ4v) is 2.76. The molecule has 0 bridgehead atoms. The molecule has 7 heteroatoms. The number of nitrogens with one attached hydrogen (secondary N) is 2. The molecule has 1 aliphatic carbocycles. The molecule has 0 radical (unpaired) electrons. The molecule has 1 saturated carbocycles. The molecule has 2 saturated heterocycles. The zero-order chi connectivity index (χ0) is 12.2. The average molecular weight is 240 g/mol. The van der Waals surface area contributed by atoms with Crippen LogP contribution in [0.5, 0.6) is 0 Å². The van der Waals surface area contributed by atoms with E-state index in [1.807, 2.05) is 0 Å². The molecule has 4 atom stereocenters. The topological polar surface area (TPSA) is 93.7 Å². The number of rotatable bonds is 2. The van der Waals surface area contributed by atoms with Crippen LogP contribution in [0.3, 0.4) is 0 Å². The molecule has 17 heavy (non-hydrogen) atoms. The predicted molar refractivity (Wildman–Crippen MR) is 52.8 cm³/mol. The van der Waals surface area contributed by atoms with Gasteiger partial charge < -0.3 is 14.8 Å². The Morgan fingerprint density at radius 1 is 1.59 bits per heavy atom. The third-order valence-corrected chi connectivity index (χ3v) is 3.55. The van der Waals surface area contributed by atoms with Crippen LogP contribution in [-0.2, 0) is 19.1 Å². The zero-order valence-electron chi connectivity index (χ0n) is 9.19. The van der Waals surface area contributed by atoms with Crippen molar-refractivity contribution in [3.05, 3.63) is 0 Å². The van der Waals surface area contributed by atoms with Crippen LogP contribution in [0, 0.1) is 11.8 Å². The predicted octanol–water partition coefficient (Wildman–Crippen LogP) is -1.23. The number of hydrogen-bond donors (Lipinski definition) is 2. The summed E-state index contributed by atoms with van der Waals surface area (Å²) in [7, 11) is 0. The number of esters is 1. The minimum absolute atomic E-state index is 0.121. The van der Waals surface area contributed by atoms with Gasteiger partial charge in [-0.15, -0.1) is 0 Å². The van der Waals surface area contributed by atoms with Crippen molar-refractivity contribution in [3.63, 3.8) is 0 Å². The Morgan fingerprint density at radius 2 is 2.35 bits per heavy atom. The third kappa shape index (κ3) is 1.22. The van der Waals surface area contributed by atoms with E-state index in [0.29, 0.717) is 6.61 Å². The molecule has 2 aliphatic heterocycles. The molecule has 92 valence electrons. The second-order valence-corrected chi connectivity index (χ2v) is 4.46. The first kappa shape index (κ1) is 10.5. The SMILES string of the molecule is CCOC(=O)[C@H]1[C@@H]2OC[C@]3(NC(=O)NC3=O)[C@@H]21. The summed E-state index contributed by atoms with van der Waals surface area (Å²) >= 11 is 0. The lowest BCUT2D eigenvalue weighted by molar-refractivity contribution is -0.147. The molecule has 3 fully saturated rings. The first-order chi connectivity index (χ1) is 8.10. The fraction of sp³-hybridized carbons (Fsp3) is 0.700. The zero-order valence-corrected chi connectivity index (χ0v) is 9.19. The molecular formula is C10H12N2O5. The van der Waals surface area contributed by atoms with Gasteiger partial charge in [0.2, 0.25) is 0 Å². The standard InChI is InChI=1S/C10H12N2O5/c1-2-16-7(13)4-5-6(4)17-3-10(5)8(14)11-9(15)12-10/h4-6H,2-3H2,1H3,(H2,11,12,14,15)/t4-,5-,6+,10+/m1/s1. The van der Waals surface area contributed by atoms with Crippen molar-refractivity contribution in [2.75, 3.05) is 13.2 Å². The van der Waals surface area contributed by atoms with E-state index in [-0.39, 0.29) is 24.6 Å². The first-order valence-electron chi connectivity index (χ1n) is 5.52. The van der Waals surface area contributed by atoms with Crippen molar-refractivity contribution in [1.29, 1.82) is 0 Å². The van der Waals surface area contributed by atoms with E-state index in [4.69, 9.17) is 9.47 Å². The minimum Gasteiger partial charge on any atom is -0.466 e. The van der Waals surface area contributed by atoms with Crippen molar-refractivity contribution in [1.82, 2.24) is 10.6 Å². The number of amides is 3. The molecule has 3 amide bonds. The van der Waals surface area contributed by atoms with Crippen molar-refractivity contribution in [3.8, 4) is 0 Å². The number of hydrogen-bond acceptors (Lipinski definition) is 5. The second-order valence-electron chi connectivity index (χ2n) is 4.46. The Kier molecular flexibility index (Phi) is 1.97. The van der Waals surface area contributed by atoms with E-state index in [9.17, 15) is 14.4 Å². The van der Waals surface area contributed by atoms with Crippen LogP contribution in [0.25, 0.3) is 0 Å². The molecule has 7 nitrogen and oxygen atoms in total. The lowest BCUT2D eigenvalue weighted by atomic mass is 9.94. The summed E-state index contributed by atoms with van der Waals surface area (Å²) in [5.41, 5.74) is -1.07. The first-order valence-corrected chi connectivity index (χ1v) is 5.52. The van der Waals surface area contributed by atoms with E-state index in [0.717, 1.165) is 0 Å². The summed E-state index contributed by atoms with van der Waals surface area (Å²) in [6, 6.07) is -0.534. The molecule has 0 aromatic carbocycles. The summed E-state index contributed by atoms with van der Waals surface area (Å²) < 4.78 is 10.3. The normalized spacial score (nSPS) is 42.1. The van der Waals surface area contributed by atoms with Crippen molar-refractivity contribution >= 4 is 17.9 Å². The van der Waals surface area contributed by atoms with Gasteiger partial charge in [-0.2, -0.15) is 0 Å². The second kappa shape index (κ2) is 3.19. The maximum Gasteiger partial charge on any atom is 0.322 e. The van der Waals surface area contributed by atoms with Crippen LogP contribution in [0.2, 0.25) is 0 Å². The van der Waals surface area contributed by atoms with E-state index >= 15 is 0 Å². The summed E-state index contributed by atoms with van der Waals surface area (Å²) in [5, 5.41) is 4.74. The quantitative estimate of drug-likeness (QED) is 0.465. The Morgan fingerprint density at radius 3 is 2.94 bits per heavy atom. The Bertz CT molecular complexity index is 423. The van der Waals surface area contributed by atoms with E-state index in [2.05, 4.69) is 10.6 Å². The molecule has 2 heterocycles. The Balaban J connectivity index is 1.80. The monoisotopic (exact) mass is 240 g/mol. The van der Waals surface area contributed by atoms with Crippen LogP contribution < -0.4 is 10.6 Å². The summed E-state index contributed by atoms with van der Waals surface area (Å²) in [6.45, 7) is 2.13. The van der Waals surface area contributed by atoms with Crippen LogP contribution in [0.15, 0.2) is 0 Å². The Hall–Kier alpha value is -1.63. The van der Waals surface area contributed by atoms with Crippen molar-refractivity contribution in [2.24, 2.45) is 11.8 Å². The average Bonchev–Trinajstić information content (AvgIpc) is 2.79. The van der Waals surface area contributed by atoms with Crippen LogP contribution in [0.4, 0.5) is 4.79 Å². The number of fused-ring (bicyclic) bond motifs is 2. The maximum atomic E-state index is 11.7. The smallest absolute Gasteiger partial charge is 0.322 e. The highest BCUT2D eigenvalue weighted by Gasteiger charge is 2.75. The lowest BCUT2D eigenvalue weighted by Crippen LogP contribution is -2.51. The molecular weight excluding hydrogens is 228 g/mol. The van der Waals surface area contributed by atoms with Crippen LogP contribution in [-0.4, -0.2) is 42.8 Å². The lowest BCUT2D eigenvalue weighted by Gasteiger charge is -2.21. The van der Waals surface area contributed by atoms with Gasteiger partial charge in [-0.05, 0) is 6.92 Å². The molecule has 1 spiro atoms. The highest BCUT2D eigenvalue weighted by Crippen LogP contribution is 2.55.